The molecule has 0 aromatic heterocycles. The molecule has 0 aliphatic rings. The number of carbonyl (C=O) groups excluding carboxylic acids is 1. The summed E-state index contributed by atoms with van der Waals surface area (Å²) in [6.07, 6.45) is 0. The molecule has 1 aromatic rings. The molecule has 1 atom stereocenters. The zero-order chi connectivity index (χ0) is 11.5. The Bertz CT molecular complexity index is 335. The highest BCUT2D eigenvalue weighted by Gasteiger charge is 2.39. The maximum Gasteiger partial charge on any atom is 0.312 e. The fourth-order valence-electron chi connectivity index (χ4n) is 1.68. The molecule has 1 unspecified atom stereocenters. The normalized spacial score (nSPS) is 14.9. The second-order valence-electron chi connectivity index (χ2n) is 4.21. The van der Waals surface area contributed by atoms with Gasteiger partial charge in [0.1, 0.15) is 0 Å². The van der Waals surface area contributed by atoms with Crippen molar-refractivity contribution in [2.24, 2.45) is 5.92 Å². The number of hydrogen-bond acceptors (Lipinski definition) is 2. The van der Waals surface area contributed by atoms with Crippen molar-refractivity contribution in [2.45, 2.75) is 18.9 Å². The van der Waals surface area contributed by atoms with Gasteiger partial charge in [-0.15, -0.1) is 0 Å². The van der Waals surface area contributed by atoms with E-state index in [4.69, 9.17) is 4.74 Å². The van der Waals surface area contributed by atoms with Crippen LogP contribution in [0.2, 0.25) is 0 Å². The molecule has 1 aromatic carbocycles. The topological polar surface area (TPSA) is 26.3 Å². The first-order valence-corrected chi connectivity index (χ1v) is 6.17. The van der Waals surface area contributed by atoms with Crippen LogP contribution in [0, 0.1) is 5.92 Å². The summed E-state index contributed by atoms with van der Waals surface area (Å²) in [4.78, 5) is 11.9. The average molecular weight is 222 g/mol. The second-order valence-corrected chi connectivity index (χ2v) is 5.79. The number of rotatable bonds is 3. The van der Waals surface area contributed by atoms with E-state index in [0.29, 0.717) is 0 Å². The summed E-state index contributed by atoms with van der Waals surface area (Å²) in [6.45, 7) is 4.13. The lowest BCUT2D eigenvalue weighted by Gasteiger charge is -2.31. The van der Waals surface area contributed by atoms with Gasteiger partial charge in [-0.3, -0.25) is 4.79 Å². The minimum absolute atomic E-state index is 0.115. The third-order valence-electron chi connectivity index (χ3n) is 3.14. The molecule has 0 aliphatic carbocycles. The lowest BCUT2D eigenvalue weighted by atomic mass is 9.87. The van der Waals surface area contributed by atoms with Gasteiger partial charge in [-0.05, 0) is 11.5 Å². The number of methoxy groups -OCH3 is 1. The molecule has 3 heteroatoms. The molecule has 0 spiro atoms. The lowest BCUT2D eigenvalue weighted by molar-refractivity contribution is -0.145. The quantitative estimate of drug-likeness (QED) is 0.565. The Morgan fingerprint density at radius 1 is 1.33 bits per heavy atom. The molecule has 1 rings (SSSR count). The maximum atomic E-state index is 11.9. The van der Waals surface area contributed by atoms with Gasteiger partial charge in [0.2, 0.25) is 0 Å². The average Bonchev–Trinajstić information content (AvgIpc) is 2.27. The van der Waals surface area contributed by atoms with Gasteiger partial charge in [-0.25, -0.2) is 0 Å². The Labute approximate surface area is 94.1 Å². The van der Waals surface area contributed by atoms with Crippen LogP contribution < -0.4 is 0 Å². The monoisotopic (exact) mass is 222 g/mol. The summed E-state index contributed by atoms with van der Waals surface area (Å²) < 4.78 is 4.93. The van der Waals surface area contributed by atoms with Crippen molar-refractivity contribution in [3.05, 3.63) is 35.9 Å². The van der Waals surface area contributed by atoms with Crippen molar-refractivity contribution in [3.8, 4) is 0 Å². The highest BCUT2D eigenvalue weighted by atomic mass is 28.1. The van der Waals surface area contributed by atoms with Crippen LogP contribution in [0.3, 0.4) is 0 Å². The van der Waals surface area contributed by atoms with Crippen molar-refractivity contribution in [3.63, 3.8) is 0 Å². The minimum atomic E-state index is -0.421. The summed E-state index contributed by atoms with van der Waals surface area (Å²) in [7, 11) is 2.22. The van der Waals surface area contributed by atoms with Crippen LogP contribution in [0.5, 0.6) is 0 Å². The third kappa shape index (κ3) is 2.12. The van der Waals surface area contributed by atoms with Crippen LogP contribution in [0.15, 0.2) is 30.3 Å². The van der Waals surface area contributed by atoms with E-state index in [1.54, 1.807) is 0 Å². The largest absolute Gasteiger partial charge is 0.469 e. The van der Waals surface area contributed by atoms with Gasteiger partial charge in [0.05, 0.1) is 12.1 Å². The molecule has 0 saturated heterocycles. The highest BCUT2D eigenvalue weighted by Crippen LogP contribution is 2.30. The van der Waals surface area contributed by atoms with Gasteiger partial charge >= 0.3 is 5.97 Å². The van der Waals surface area contributed by atoms with Crippen LogP contribution in [-0.4, -0.2) is 23.3 Å². The van der Waals surface area contributed by atoms with Crippen LogP contribution in [0.25, 0.3) is 0 Å². The fraction of sp³-hybridized carbons (Fsp3) is 0.417. The van der Waals surface area contributed by atoms with E-state index in [2.05, 4.69) is 13.8 Å². The summed E-state index contributed by atoms with van der Waals surface area (Å²) in [5, 5.41) is -0.421. The molecular formula is C12H18O2Si. The van der Waals surface area contributed by atoms with Crippen LogP contribution in [0.4, 0.5) is 0 Å². The molecule has 0 amide bonds. The van der Waals surface area contributed by atoms with Gasteiger partial charge in [-0.2, -0.15) is 0 Å². The summed E-state index contributed by atoms with van der Waals surface area (Å²) >= 11 is 0. The summed E-state index contributed by atoms with van der Waals surface area (Å²) in [6, 6.07) is 9.90. The molecule has 15 heavy (non-hydrogen) atoms. The molecule has 0 fully saturated rings. The number of ether oxygens (including phenoxy) is 1. The van der Waals surface area contributed by atoms with E-state index in [0.717, 1.165) is 15.8 Å². The maximum absolute atomic E-state index is 11.9. The van der Waals surface area contributed by atoms with E-state index in [-0.39, 0.29) is 11.9 Å². The van der Waals surface area contributed by atoms with Crippen LogP contribution in [0.1, 0.15) is 19.4 Å². The van der Waals surface area contributed by atoms with E-state index >= 15 is 0 Å². The Kier molecular flexibility index (Phi) is 3.69. The zero-order valence-electron chi connectivity index (χ0n) is 9.78. The molecule has 0 bridgehead atoms. The van der Waals surface area contributed by atoms with Crippen molar-refractivity contribution in [1.29, 1.82) is 0 Å². The standard InChI is InChI=1S/C12H18O2Si/c1-9(2)12(15,11(13)14-3)10-7-5-4-6-8-10/h4-9H,1-3,15H3. The molecule has 2 nitrogen and oxygen atoms in total. The van der Waals surface area contributed by atoms with Crippen molar-refractivity contribution < 1.29 is 9.53 Å². The van der Waals surface area contributed by atoms with Gasteiger partial charge < -0.3 is 4.74 Å². The van der Waals surface area contributed by atoms with Crippen molar-refractivity contribution >= 4 is 16.2 Å². The van der Waals surface area contributed by atoms with Gasteiger partial charge in [0.25, 0.3) is 0 Å². The predicted molar refractivity (Wildman–Crippen MR) is 64.9 cm³/mol. The number of benzene rings is 1. The summed E-state index contributed by atoms with van der Waals surface area (Å²) in [5.74, 6) is 0.148. The lowest BCUT2D eigenvalue weighted by Crippen LogP contribution is -2.42. The third-order valence-corrected chi connectivity index (χ3v) is 5.28. The molecule has 0 heterocycles. The predicted octanol–water partition coefficient (Wildman–Crippen LogP) is 1.08. The first-order chi connectivity index (χ1) is 7.03. The van der Waals surface area contributed by atoms with E-state index in [9.17, 15) is 4.79 Å². The second kappa shape index (κ2) is 4.62. The van der Waals surface area contributed by atoms with E-state index in [1.165, 1.54) is 7.11 Å². The summed E-state index contributed by atoms with van der Waals surface area (Å²) in [5.41, 5.74) is 1.07. The molecule has 0 saturated carbocycles. The smallest absolute Gasteiger partial charge is 0.312 e. The molecular weight excluding hydrogens is 204 g/mol. The Balaban J connectivity index is 3.19. The number of hydrogen-bond donors (Lipinski definition) is 0. The van der Waals surface area contributed by atoms with E-state index < -0.39 is 5.04 Å². The van der Waals surface area contributed by atoms with Crippen LogP contribution >= 0.6 is 0 Å². The van der Waals surface area contributed by atoms with Crippen molar-refractivity contribution in [2.75, 3.05) is 7.11 Å². The molecule has 82 valence electrons. The van der Waals surface area contributed by atoms with Crippen molar-refractivity contribution in [1.82, 2.24) is 0 Å². The SMILES string of the molecule is COC(=O)C([SiH3])(c1ccccc1)C(C)C. The van der Waals surface area contributed by atoms with E-state index in [1.807, 2.05) is 30.3 Å². The molecule has 0 aliphatic heterocycles. The number of carbonyl (C=O) groups is 1. The van der Waals surface area contributed by atoms with Crippen LogP contribution in [-0.2, 0) is 14.6 Å². The van der Waals surface area contributed by atoms with Gasteiger partial charge in [0.15, 0.2) is 0 Å². The molecule has 0 radical (unpaired) electrons. The Morgan fingerprint density at radius 2 is 1.87 bits per heavy atom. The molecule has 0 N–H and O–H groups in total. The minimum Gasteiger partial charge on any atom is -0.469 e. The zero-order valence-corrected chi connectivity index (χ0v) is 11.8. The Hall–Kier alpha value is -1.09. The number of esters is 1. The van der Waals surface area contributed by atoms with Gasteiger partial charge in [0, 0.05) is 10.2 Å². The highest BCUT2D eigenvalue weighted by molar-refractivity contribution is 6.27. The first kappa shape index (κ1) is 12.0. The fourth-order valence-corrected chi connectivity index (χ4v) is 2.22. The Morgan fingerprint density at radius 3 is 2.27 bits per heavy atom. The van der Waals surface area contributed by atoms with Gasteiger partial charge in [-0.1, -0.05) is 44.2 Å². The first-order valence-electron chi connectivity index (χ1n) is 5.17.